The van der Waals surface area contributed by atoms with Crippen LogP contribution >= 0.6 is 0 Å². The van der Waals surface area contributed by atoms with Crippen molar-refractivity contribution in [2.75, 3.05) is 23.3 Å². The van der Waals surface area contributed by atoms with Crippen molar-refractivity contribution in [2.45, 2.75) is 64.3 Å². The predicted octanol–water partition coefficient (Wildman–Crippen LogP) is 2.72. The van der Waals surface area contributed by atoms with Gasteiger partial charge in [-0.2, -0.15) is 4.98 Å². The van der Waals surface area contributed by atoms with Gasteiger partial charge < -0.3 is 20.6 Å². The molecule has 1 saturated heterocycles. The van der Waals surface area contributed by atoms with E-state index in [0.29, 0.717) is 35.1 Å². The quantitative estimate of drug-likeness (QED) is 0.546. The molecule has 9 nitrogen and oxygen atoms in total. The van der Waals surface area contributed by atoms with Crippen molar-refractivity contribution in [3.8, 4) is 0 Å². The number of nitrogens with zero attached hydrogens (tertiary/aromatic N) is 5. The fourth-order valence-electron chi connectivity index (χ4n) is 5.15. The summed E-state index contributed by atoms with van der Waals surface area (Å²) in [4.78, 5) is 29.0. The number of anilines is 3. The van der Waals surface area contributed by atoms with Crippen LogP contribution in [0.15, 0.2) is 35.4 Å². The third-order valence-corrected chi connectivity index (χ3v) is 6.62. The van der Waals surface area contributed by atoms with Crippen molar-refractivity contribution in [1.82, 2.24) is 24.8 Å². The smallest absolute Gasteiger partial charge is 0.258 e. The fraction of sp³-hybridized carbons (Fsp3) is 0.500. The molecule has 0 amide bonds. The lowest BCUT2D eigenvalue weighted by atomic mass is 10.1. The summed E-state index contributed by atoms with van der Waals surface area (Å²) in [6.07, 6.45) is 7.66. The average molecular weight is 450 g/mol. The molecular weight excluding hydrogens is 418 g/mol. The van der Waals surface area contributed by atoms with Gasteiger partial charge in [-0.05, 0) is 44.9 Å². The van der Waals surface area contributed by atoms with Crippen LogP contribution in [0.4, 0.5) is 17.5 Å². The molecule has 0 spiro atoms. The Hall–Kier alpha value is -3.04. The monoisotopic (exact) mass is 449 g/mol. The van der Waals surface area contributed by atoms with Gasteiger partial charge in [0.05, 0.1) is 18.5 Å². The number of aromatic nitrogens is 4. The van der Waals surface area contributed by atoms with Crippen LogP contribution in [-0.4, -0.2) is 49.8 Å². The summed E-state index contributed by atoms with van der Waals surface area (Å²) in [7, 11) is 0. The summed E-state index contributed by atoms with van der Waals surface area (Å²) in [6, 6.07) is 6.65. The topological polar surface area (TPSA) is 108 Å². The lowest BCUT2D eigenvalue weighted by Crippen LogP contribution is -2.54. The summed E-state index contributed by atoms with van der Waals surface area (Å²) in [6.45, 7) is 5.99. The first kappa shape index (κ1) is 21.8. The van der Waals surface area contributed by atoms with Crippen LogP contribution in [0.1, 0.15) is 51.1 Å². The van der Waals surface area contributed by atoms with E-state index in [4.69, 9.17) is 0 Å². The van der Waals surface area contributed by atoms with E-state index >= 15 is 0 Å². The van der Waals surface area contributed by atoms with Crippen LogP contribution < -0.4 is 21.1 Å². The van der Waals surface area contributed by atoms with Gasteiger partial charge in [0.25, 0.3) is 5.56 Å². The van der Waals surface area contributed by atoms with Crippen LogP contribution in [0.25, 0.3) is 11.0 Å². The van der Waals surface area contributed by atoms with Gasteiger partial charge in [-0.25, -0.2) is 9.97 Å². The third kappa shape index (κ3) is 4.43. The molecule has 5 rings (SSSR count). The largest absolute Gasteiger partial charge is 0.391 e. The highest BCUT2D eigenvalue weighted by Gasteiger charge is 2.23. The van der Waals surface area contributed by atoms with E-state index in [9.17, 15) is 9.90 Å². The Balaban J connectivity index is 1.42. The summed E-state index contributed by atoms with van der Waals surface area (Å²) in [5.74, 6) is 1.05. The second kappa shape index (κ2) is 9.07. The van der Waals surface area contributed by atoms with Crippen molar-refractivity contribution >= 4 is 28.5 Å². The van der Waals surface area contributed by atoms with E-state index in [2.05, 4.69) is 50.4 Å². The van der Waals surface area contributed by atoms with Gasteiger partial charge in [0.2, 0.25) is 5.95 Å². The molecule has 0 aromatic carbocycles. The highest BCUT2D eigenvalue weighted by Crippen LogP contribution is 2.31. The molecular formula is C24H31N7O2. The third-order valence-electron chi connectivity index (χ3n) is 6.62. The minimum absolute atomic E-state index is 0.107. The zero-order valence-corrected chi connectivity index (χ0v) is 19.2. The molecule has 3 N–H and O–H groups in total. The predicted molar refractivity (Wildman–Crippen MR) is 129 cm³/mol. The summed E-state index contributed by atoms with van der Waals surface area (Å²) in [5.41, 5.74) is 1.91. The molecule has 2 unspecified atom stereocenters. The molecule has 2 atom stereocenters. The standard InChI is InChI=1S/C24H31N7O2/c1-15-12-30(13-16(2)27-15)20-7-8-21(25-11-20)28-24-26-10-17-9-18(14-32)23(33)31(22(17)29-24)19-5-3-4-6-19/h7-11,15-16,19,27,32H,3-6,12-14H2,1-2H3,(H,25,26,28,29). The summed E-state index contributed by atoms with van der Waals surface area (Å²) in [5, 5.41) is 17.1. The molecule has 33 heavy (non-hydrogen) atoms. The molecule has 0 radical (unpaired) electrons. The van der Waals surface area contributed by atoms with Gasteiger partial charge in [-0.15, -0.1) is 0 Å². The molecule has 1 saturated carbocycles. The normalized spacial score (nSPS) is 21.6. The van der Waals surface area contributed by atoms with Crippen LogP contribution in [0, 0.1) is 0 Å². The van der Waals surface area contributed by atoms with Gasteiger partial charge in [0, 0.05) is 48.4 Å². The maximum Gasteiger partial charge on any atom is 0.258 e. The molecule has 2 fully saturated rings. The van der Waals surface area contributed by atoms with Crippen LogP contribution in [0.3, 0.4) is 0 Å². The first-order valence-electron chi connectivity index (χ1n) is 11.8. The fourth-order valence-corrected chi connectivity index (χ4v) is 5.15. The number of aliphatic hydroxyl groups is 1. The molecule has 1 aliphatic heterocycles. The van der Waals surface area contributed by atoms with Gasteiger partial charge in [-0.3, -0.25) is 9.36 Å². The van der Waals surface area contributed by atoms with Crippen LogP contribution in [0.2, 0.25) is 0 Å². The van der Waals surface area contributed by atoms with Crippen molar-refractivity contribution in [2.24, 2.45) is 0 Å². The highest BCUT2D eigenvalue weighted by atomic mass is 16.3. The Morgan fingerprint density at radius 2 is 1.88 bits per heavy atom. The number of rotatable bonds is 5. The zero-order valence-electron chi connectivity index (χ0n) is 19.2. The van der Waals surface area contributed by atoms with E-state index in [0.717, 1.165) is 49.8 Å². The number of piperazine rings is 1. The second-order valence-electron chi connectivity index (χ2n) is 9.31. The average Bonchev–Trinajstić information content (AvgIpc) is 3.33. The minimum atomic E-state index is -0.289. The highest BCUT2D eigenvalue weighted by molar-refractivity contribution is 5.76. The first-order chi connectivity index (χ1) is 16.0. The Morgan fingerprint density at radius 3 is 2.55 bits per heavy atom. The molecule has 0 bridgehead atoms. The minimum Gasteiger partial charge on any atom is -0.391 e. The Labute approximate surface area is 192 Å². The van der Waals surface area contributed by atoms with Gasteiger partial charge in [-0.1, -0.05) is 12.8 Å². The van der Waals surface area contributed by atoms with Crippen molar-refractivity contribution in [1.29, 1.82) is 0 Å². The molecule has 4 heterocycles. The van der Waals surface area contributed by atoms with Crippen LogP contribution in [0.5, 0.6) is 0 Å². The Morgan fingerprint density at radius 1 is 1.12 bits per heavy atom. The number of fused-ring (bicyclic) bond motifs is 1. The lowest BCUT2D eigenvalue weighted by molar-refractivity contribution is 0.279. The molecule has 2 aliphatic rings. The molecule has 174 valence electrons. The van der Waals surface area contributed by atoms with E-state index in [1.807, 2.05) is 12.3 Å². The molecule has 3 aromatic heterocycles. The number of pyridine rings is 2. The first-order valence-corrected chi connectivity index (χ1v) is 11.8. The molecule has 9 heteroatoms. The van der Waals surface area contributed by atoms with Gasteiger partial charge in [0.1, 0.15) is 11.5 Å². The number of hydrogen-bond donors (Lipinski definition) is 3. The zero-order chi connectivity index (χ0) is 22.9. The second-order valence-corrected chi connectivity index (χ2v) is 9.31. The maximum absolute atomic E-state index is 13.0. The number of nitrogens with one attached hydrogen (secondary N) is 2. The van der Waals surface area contributed by atoms with Gasteiger partial charge >= 0.3 is 0 Å². The van der Waals surface area contributed by atoms with Crippen molar-refractivity contribution in [3.63, 3.8) is 0 Å². The maximum atomic E-state index is 13.0. The van der Waals surface area contributed by atoms with E-state index in [-0.39, 0.29) is 18.2 Å². The van der Waals surface area contributed by atoms with Crippen molar-refractivity contribution < 1.29 is 5.11 Å². The number of aliphatic hydroxyl groups excluding tert-OH is 1. The van der Waals surface area contributed by atoms with E-state index < -0.39 is 0 Å². The summed E-state index contributed by atoms with van der Waals surface area (Å²) >= 11 is 0. The van der Waals surface area contributed by atoms with E-state index in [1.54, 1.807) is 16.8 Å². The lowest BCUT2D eigenvalue weighted by Gasteiger charge is -2.37. The van der Waals surface area contributed by atoms with Crippen LogP contribution in [-0.2, 0) is 6.61 Å². The van der Waals surface area contributed by atoms with E-state index in [1.165, 1.54) is 0 Å². The molecule has 1 aliphatic carbocycles. The Kier molecular flexibility index (Phi) is 5.99. The number of hydrogen-bond acceptors (Lipinski definition) is 8. The van der Waals surface area contributed by atoms with Crippen molar-refractivity contribution in [3.05, 3.63) is 46.5 Å². The Bertz CT molecular complexity index is 1180. The summed E-state index contributed by atoms with van der Waals surface area (Å²) < 4.78 is 1.75. The SMILES string of the molecule is CC1CN(c2ccc(Nc3ncc4cc(CO)c(=O)n(C5CCCC5)c4n3)nc2)CC(C)N1. The van der Waals surface area contributed by atoms with Gasteiger partial charge in [0.15, 0.2) is 0 Å². The molecule has 3 aromatic rings.